The molecule has 1 radical (unpaired) electrons. The van der Waals surface area contributed by atoms with Crippen molar-refractivity contribution >= 4 is 44.1 Å². The predicted molar refractivity (Wildman–Crippen MR) is 175 cm³/mol. The molecule has 8 nitrogen and oxygen atoms in total. The van der Waals surface area contributed by atoms with Gasteiger partial charge in [0.25, 0.3) is 0 Å². The molecule has 0 fully saturated rings. The van der Waals surface area contributed by atoms with Gasteiger partial charge >= 0.3 is 0 Å². The molecule has 7 aromatic rings. The Morgan fingerprint density at radius 3 is 1.27 bits per heavy atom. The summed E-state index contributed by atoms with van der Waals surface area (Å²) in [5, 5.41) is 3.91. The summed E-state index contributed by atoms with van der Waals surface area (Å²) in [6, 6.07) is 30.6. The Balaban J connectivity index is 0.00000300. The van der Waals surface area contributed by atoms with Crippen LogP contribution in [0.4, 0.5) is 0 Å². The van der Waals surface area contributed by atoms with Crippen LogP contribution in [0.15, 0.2) is 91.0 Å². The molecule has 2 aliphatic rings. The summed E-state index contributed by atoms with van der Waals surface area (Å²) in [6.07, 6.45) is 0. The van der Waals surface area contributed by atoms with Gasteiger partial charge < -0.3 is 9.97 Å². The molecular weight excluding hydrogens is 608 g/mol. The summed E-state index contributed by atoms with van der Waals surface area (Å²) in [7, 11) is 0. The second-order valence-corrected chi connectivity index (χ2v) is 12.2. The first-order chi connectivity index (χ1) is 21.4. The number of H-pyrrole nitrogens is 2. The van der Waals surface area contributed by atoms with Crippen LogP contribution in [-0.4, -0.2) is 39.9 Å². The number of fused-ring (bicyclic) bond motifs is 20. The van der Waals surface area contributed by atoms with Gasteiger partial charge in [-0.2, -0.15) is 0 Å². The van der Waals surface area contributed by atoms with Gasteiger partial charge in [-0.15, -0.1) is 0 Å². The third-order valence-corrected chi connectivity index (χ3v) is 8.39. The van der Waals surface area contributed by atoms with Crippen LogP contribution in [0.25, 0.3) is 89.7 Å². The van der Waals surface area contributed by atoms with Crippen LogP contribution in [0.2, 0.25) is 0 Å². The predicted octanol–water partition coefficient (Wildman–Crippen LogP) is 8.16. The van der Waals surface area contributed by atoms with Crippen LogP contribution in [-0.2, 0) is 22.5 Å². The Bertz CT molecular complexity index is 2500. The average molecular weight is 634 g/mol. The van der Waals surface area contributed by atoms with E-state index in [1.807, 2.05) is 72.8 Å². The van der Waals surface area contributed by atoms with E-state index >= 15 is 0 Å². The average Bonchev–Trinajstić information content (AvgIpc) is 3.76. The van der Waals surface area contributed by atoms with Crippen molar-refractivity contribution in [1.82, 2.24) is 39.9 Å². The van der Waals surface area contributed by atoms with Gasteiger partial charge in [0.15, 0.2) is 23.3 Å². The third-order valence-electron chi connectivity index (χ3n) is 8.39. The van der Waals surface area contributed by atoms with Crippen molar-refractivity contribution < 1.29 is 17.1 Å². The van der Waals surface area contributed by atoms with E-state index in [1.54, 1.807) is 0 Å². The molecule has 0 saturated carbocycles. The minimum atomic E-state index is -0.131. The number of aromatic amines is 2. The number of rotatable bonds is 0. The summed E-state index contributed by atoms with van der Waals surface area (Å²) in [6.45, 7) is 6.65. The van der Waals surface area contributed by atoms with Gasteiger partial charge in [0.05, 0.1) is 0 Å². The number of nitrogens with zero attached hydrogens (tertiary/aromatic N) is 6. The molecular formula is C36H26CuN8. The molecule has 2 N–H and O–H groups in total. The Labute approximate surface area is 268 Å². The second kappa shape index (κ2) is 9.89. The molecule has 2 aliphatic heterocycles. The SMILES string of the molecule is CC(C)(C)c1cccc2c3nc4nc(nc5[nH]c(nc6nc(nc([nH]3)c12)-c1ccccc1-6)c1ccccc51)-c1ccccc1-4.[Cu]. The minimum absolute atomic E-state index is 0. The van der Waals surface area contributed by atoms with Crippen LogP contribution >= 0.6 is 0 Å². The number of nitrogens with one attached hydrogen (secondary N) is 2. The Kier molecular flexibility index (Phi) is 6.00. The van der Waals surface area contributed by atoms with Crippen LogP contribution in [0.5, 0.6) is 0 Å². The zero-order valence-corrected chi connectivity index (χ0v) is 25.6. The number of benzene rings is 4. The van der Waals surface area contributed by atoms with Crippen molar-refractivity contribution in [2.45, 2.75) is 26.2 Å². The van der Waals surface area contributed by atoms with Gasteiger partial charge in [-0.3, -0.25) is 0 Å². The van der Waals surface area contributed by atoms with E-state index in [1.165, 1.54) is 5.56 Å². The summed E-state index contributed by atoms with van der Waals surface area (Å²) in [5.41, 5.74) is 7.53. The largest absolute Gasteiger partial charge is 0.324 e. The maximum atomic E-state index is 5.19. The summed E-state index contributed by atoms with van der Waals surface area (Å²) in [4.78, 5) is 37.5. The zero-order valence-electron chi connectivity index (χ0n) is 24.6. The Morgan fingerprint density at radius 1 is 0.422 bits per heavy atom. The molecule has 0 unspecified atom stereocenters. The molecule has 9 heteroatoms. The first-order valence-corrected chi connectivity index (χ1v) is 14.7. The Hall–Kier alpha value is -5.24. The number of aromatic nitrogens is 8. The van der Waals surface area contributed by atoms with Gasteiger partial charge in [-0.05, 0) is 11.0 Å². The molecule has 0 aliphatic carbocycles. The van der Waals surface area contributed by atoms with Gasteiger partial charge in [0.2, 0.25) is 0 Å². The van der Waals surface area contributed by atoms with Crippen molar-refractivity contribution in [1.29, 1.82) is 0 Å². The zero-order chi connectivity index (χ0) is 29.6. The molecule has 0 spiro atoms. The minimum Gasteiger partial charge on any atom is -0.324 e. The first kappa shape index (κ1) is 27.3. The molecule has 4 aromatic carbocycles. The fraction of sp³-hybridized carbons (Fsp3) is 0.111. The molecule has 3 aromatic heterocycles. The van der Waals surface area contributed by atoms with Crippen molar-refractivity contribution in [3.05, 3.63) is 96.6 Å². The van der Waals surface area contributed by atoms with Crippen LogP contribution in [0, 0.1) is 0 Å². The second-order valence-electron chi connectivity index (χ2n) is 12.2. The van der Waals surface area contributed by atoms with Crippen molar-refractivity contribution in [2.75, 3.05) is 0 Å². The molecule has 8 bridgehead atoms. The van der Waals surface area contributed by atoms with Crippen LogP contribution in [0.3, 0.4) is 0 Å². The van der Waals surface area contributed by atoms with Gasteiger partial charge in [0.1, 0.15) is 22.6 Å². The van der Waals surface area contributed by atoms with Crippen molar-refractivity contribution in [3.8, 4) is 45.6 Å². The van der Waals surface area contributed by atoms with E-state index in [0.29, 0.717) is 45.9 Å². The summed E-state index contributed by atoms with van der Waals surface area (Å²) < 4.78 is 0. The molecule has 0 saturated heterocycles. The molecule has 45 heavy (non-hydrogen) atoms. The first-order valence-electron chi connectivity index (χ1n) is 14.7. The fourth-order valence-corrected chi connectivity index (χ4v) is 6.32. The van der Waals surface area contributed by atoms with Crippen molar-refractivity contribution in [2.24, 2.45) is 0 Å². The standard InChI is InChI=1S/C36H26N8.Cu/c1-36(2,3)26-18-10-17-25-27(26)35-43-33-24-16-9-8-15-23(24)31(41-33)39-29-20-12-5-4-11-19(20)28(37-29)38-30-21-13-6-7-14-22(21)32(40-30)42-34(25)44-35;/h4-18H,1-3H3,(H2,37,38,39,40,41,42,43,44);. The molecule has 5 heterocycles. The molecule has 0 amide bonds. The van der Waals surface area contributed by atoms with E-state index in [0.717, 1.165) is 43.8 Å². The van der Waals surface area contributed by atoms with E-state index in [9.17, 15) is 0 Å². The number of hydrogen-bond acceptors (Lipinski definition) is 6. The van der Waals surface area contributed by atoms with Gasteiger partial charge in [-0.25, -0.2) is 29.9 Å². The van der Waals surface area contributed by atoms with E-state index < -0.39 is 0 Å². The van der Waals surface area contributed by atoms with Gasteiger partial charge in [-0.1, -0.05) is 112 Å². The molecule has 221 valence electrons. The number of hydrogen-bond donors (Lipinski definition) is 2. The third kappa shape index (κ3) is 4.19. The normalized spacial score (nSPS) is 12.2. The maximum Gasteiger partial charge on any atom is 0.164 e. The van der Waals surface area contributed by atoms with Crippen LogP contribution < -0.4 is 0 Å². The monoisotopic (exact) mass is 633 g/mol. The van der Waals surface area contributed by atoms with Crippen molar-refractivity contribution in [3.63, 3.8) is 0 Å². The molecule has 9 rings (SSSR count). The summed E-state index contributed by atoms with van der Waals surface area (Å²) >= 11 is 0. The van der Waals surface area contributed by atoms with E-state index in [-0.39, 0.29) is 22.5 Å². The topological polar surface area (TPSA) is 109 Å². The Morgan fingerprint density at radius 2 is 0.800 bits per heavy atom. The fourth-order valence-electron chi connectivity index (χ4n) is 6.32. The maximum absolute atomic E-state index is 5.19. The summed E-state index contributed by atoms with van der Waals surface area (Å²) in [5.74, 6) is 2.40. The van der Waals surface area contributed by atoms with Crippen LogP contribution in [0.1, 0.15) is 26.3 Å². The van der Waals surface area contributed by atoms with E-state index in [4.69, 9.17) is 29.9 Å². The van der Waals surface area contributed by atoms with E-state index in [2.05, 4.69) is 48.9 Å². The smallest absolute Gasteiger partial charge is 0.164 e. The van der Waals surface area contributed by atoms with Gasteiger partial charge in [0, 0.05) is 60.9 Å². The molecule has 0 atom stereocenters. The quantitative estimate of drug-likeness (QED) is 0.163.